The minimum Gasteiger partial charge on any atom is -0.395 e. The zero-order chi connectivity index (χ0) is 14.4. The standard InChI is InChI=1S/C10H24N2O2/c1-3-9(7-13)11-5-6-12-10(4-2)8-14/h9-14H,3-8H2,1-2H3/i5D2,6D2. The quantitative estimate of drug-likeness (QED) is 0.420. The van der Waals surface area contributed by atoms with Crippen LogP contribution in [0.1, 0.15) is 32.2 Å². The molecular formula is C10H24N2O2. The van der Waals surface area contributed by atoms with E-state index in [1.165, 1.54) is 0 Å². The number of aliphatic hydroxyl groups is 2. The zero-order valence-corrected chi connectivity index (χ0v) is 8.88. The third-order valence-corrected chi connectivity index (χ3v) is 2.04. The lowest BCUT2D eigenvalue weighted by Crippen LogP contribution is -2.40. The minimum atomic E-state index is -2.35. The van der Waals surface area contributed by atoms with E-state index >= 15 is 0 Å². The van der Waals surface area contributed by atoms with Crippen LogP contribution >= 0.6 is 0 Å². The van der Waals surface area contributed by atoms with Gasteiger partial charge in [0, 0.05) is 30.6 Å². The molecule has 2 unspecified atom stereocenters. The first kappa shape index (κ1) is 8.05. The fraction of sp³-hybridized carbons (Fsp3) is 1.00. The van der Waals surface area contributed by atoms with Gasteiger partial charge in [0.25, 0.3) is 0 Å². The van der Waals surface area contributed by atoms with Gasteiger partial charge in [-0.25, -0.2) is 0 Å². The summed E-state index contributed by atoms with van der Waals surface area (Å²) in [7, 11) is 0. The molecule has 0 aromatic heterocycles. The van der Waals surface area contributed by atoms with Crippen LogP contribution in [0.2, 0.25) is 0 Å². The Balaban J connectivity index is 4.72. The molecule has 0 fully saturated rings. The van der Waals surface area contributed by atoms with Gasteiger partial charge in [-0.3, -0.25) is 0 Å². The van der Waals surface area contributed by atoms with Crippen molar-refractivity contribution in [3.05, 3.63) is 0 Å². The molecule has 4 nitrogen and oxygen atoms in total. The molecule has 0 aliphatic heterocycles. The highest BCUT2D eigenvalue weighted by atomic mass is 16.3. The normalized spacial score (nSPS) is 21.7. The number of hydrogen-bond donors (Lipinski definition) is 4. The predicted molar refractivity (Wildman–Crippen MR) is 58.3 cm³/mol. The fourth-order valence-corrected chi connectivity index (χ4v) is 0.830. The van der Waals surface area contributed by atoms with Crippen LogP contribution in [0.4, 0.5) is 0 Å². The van der Waals surface area contributed by atoms with Crippen LogP contribution in [0.25, 0.3) is 0 Å². The molecule has 0 aliphatic carbocycles. The average Bonchev–Trinajstić information content (AvgIpc) is 2.32. The predicted octanol–water partition coefficient (Wildman–Crippen LogP) is -0.293. The Morgan fingerprint density at radius 1 is 1.00 bits per heavy atom. The van der Waals surface area contributed by atoms with E-state index in [9.17, 15) is 0 Å². The monoisotopic (exact) mass is 208 g/mol. The van der Waals surface area contributed by atoms with Gasteiger partial charge in [-0.1, -0.05) is 13.8 Å². The molecule has 4 N–H and O–H groups in total. The molecule has 0 amide bonds. The molecule has 2 atom stereocenters. The molecule has 0 radical (unpaired) electrons. The summed E-state index contributed by atoms with van der Waals surface area (Å²) in [6, 6.07) is -1.02. The van der Waals surface area contributed by atoms with Crippen molar-refractivity contribution < 1.29 is 15.7 Å². The Bertz CT molecular complexity index is 210. The van der Waals surface area contributed by atoms with E-state index in [-0.39, 0.29) is 13.2 Å². The maximum atomic E-state index is 9.02. The Morgan fingerprint density at radius 3 is 1.57 bits per heavy atom. The summed E-state index contributed by atoms with van der Waals surface area (Å²) >= 11 is 0. The Labute approximate surface area is 92.3 Å². The number of nitrogens with one attached hydrogen (secondary N) is 2. The van der Waals surface area contributed by atoms with Gasteiger partial charge in [0.05, 0.1) is 13.2 Å². The zero-order valence-electron chi connectivity index (χ0n) is 12.9. The van der Waals surface area contributed by atoms with Crippen molar-refractivity contribution in [2.24, 2.45) is 0 Å². The van der Waals surface area contributed by atoms with Crippen molar-refractivity contribution in [2.45, 2.75) is 38.8 Å². The van der Waals surface area contributed by atoms with Crippen molar-refractivity contribution >= 4 is 0 Å². The van der Waals surface area contributed by atoms with E-state index < -0.39 is 25.1 Å². The summed E-state index contributed by atoms with van der Waals surface area (Å²) < 4.78 is 30.9. The summed E-state index contributed by atoms with van der Waals surface area (Å²) in [5, 5.41) is 22.9. The third kappa shape index (κ3) is 6.32. The van der Waals surface area contributed by atoms with Gasteiger partial charge in [0.15, 0.2) is 0 Å². The molecule has 0 spiro atoms. The summed E-state index contributed by atoms with van der Waals surface area (Å²) in [4.78, 5) is 0. The van der Waals surface area contributed by atoms with Gasteiger partial charge in [-0.2, -0.15) is 0 Å². The Kier molecular flexibility index (Phi) is 5.40. The first-order chi connectivity index (χ1) is 8.24. The molecule has 0 saturated heterocycles. The number of aliphatic hydroxyl groups excluding tert-OH is 2. The van der Waals surface area contributed by atoms with Crippen LogP contribution < -0.4 is 10.6 Å². The summed E-state index contributed by atoms with van der Waals surface area (Å²) in [5.41, 5.74) is 0. The van der Waals surface area contributed by atoms with Crippen molar-refractivity contribution in [1.29, 1.82) is 0 Å². The molecule has 0 saturated carbocycles. The second-order valence-corrected chi connectivity index (χ2v) is 3.11. The van der Waals surface area contributed by atoms with E-state index in [1.807, 2.05) is 0 Å². The molecule has 0 aliphatic rings. The minimum absolute atomic E-state index is 0.261. The van der Waals surface area contributed by atoms with Crippen molar-refractivity contribution in [1.82, 2.24) is 10.6 Å². The molecule has 0 bridgehead atoms. The summed E-state index contributed by atoms with van der Waals surface area (Å²) in [6.45, 7) is -1.67. The van der Waals surface area contributed by atoms with E-state index in [1.54, 1.807) is 13.8 Å². The first-order valence-electron chi connectivity index (χ1n) is 7.01. The molecule has 0 heterocycles. The maximum Gasteiger partial charge on any atom is 0.0584 e. The molecule has 86 valence electrons. The number of hydrogen-bond acceptors (Lipinski definition) is 4. The van der Waals surface area contributed by atoms with Crippen LogP contribution in [0.3, 0.4) is 0 Å². The van der Waals surface area contributed by atoms with Crippen molar-refractivity contribution in [3.8, 4) is 0 Å². The van der Waals surface area contributed by atoms with E-state index in [0.717, 1.165) is 0 Å². The molecule has 14 heavy (non-hydrogen) atoms. The maximum absolute atomic E-state index is 9.02. The van der Waals surface area contributed by atoms with Crippen LogP contribution in [-0.2, 0) is 0 Å². The van der Waals surface area contributed by atoms with Gasteiger partial charge in [-0.15, -0.1) is 0 Å². The van der Waals surface area contributed by atoms with Crippen LogP contribution in [0, 0.1) is 0 Å². The average molecular weight is 208 g/mol. The van der Waals surface area contributed by atoms with Gasteiger partial charge in [0.2, 0.25) is 0 Å². The van der Waals surface area contributed by atoms with E-state index in [0.29, 0.717) is 12.8 Å². The third-order valence-electron chi connectivity index (χ3n) is 2.04. The first-order valence-corrected chi connectivity index (χ1v) is 5.01. The van der Waals surface area contributed by atoms with Crippen molar-refractivity contribution in [3.63, 3.8) is 0 Å². The van der Waals surface area contributed by atoms with Gasteiger partial charge >= 0.3 is 0 Å². The molecule has 0 rings (SSSR count). The van der Waals surface area contributed by atoms with Crippen LogP contribution in [0.15, 0.2) is 0 Å². The topological polar surface area (TPSA) is 64.5 Å². The van der Waals surface area contributed by atoms with Gasteiger partial charge in [0.1, 0.15) is 0 Å². The molecular weight excluding hydrogens is 180 g/mol. The second kappa shape index (κ2) is 9.40. The Hall–Kier alpha value is -0.160. The highest BCUT2D eigenvalue weighted by molar-refractivity contribution is 4.67. The highest BCUT2D eigenvalue weighted by Crippen LogP contribution is 1.89. The smallest absolute Gasteiger partial charge is 0.0584 e. The number of rotatable bonds is 9. The molecule has 4 heteroatoms. The lowest BCUT2D eigenvalue weighted by molar-refractivity contribution is 0.229. The molecule has 0 aromatic rings. The van der Waals surface area contributed by atoms with Crippen LogP contribution in [-0.4, -0.2) is 48.5 Å². The molecule has 0 aromatic carbocycles. The second-order valence-electron chi connectivity index (χ2n) is 3.11. The van der Waals surface area contributed by atoms with Gasteiger partial charge < -0.3 is 20.8 Å². The summed E-state index contributed by atoms with van der Waals surface area (Å²) in [5.74, 6) is 0. The van der Waals surface area contributed by atoms with E-state index in [2.05, 4.69) is 10.6 Å². The van der Waals surface area contributed by atoms with Crippen molar-refractivity contribution in [2.75, 3.05) is 26.2 Å². The summed E-state index contributed by atoms with van der Waals surface area (Å²) in [6.07, 6.45) is 0.979. The van der Waals surface area contributed by atoms with Crippen LogP contribution in [0.5, 0.6) is 0 Å². The van der Waals surface area contributed by atoms with E-state index in [4.69, 9.17) is 15.7 Å². The fourth-order valence-electron chi connectivity index (χ4n) is 0.830. The Morgan fingerprint density at radius 2 is 1.36 bits per heavy atom. The largest absolute Gasteiger partial charge is 0.395 e. The lowest BCUT2D eigenvalue weighted by Gasteiger charge is -2.17. The van der Waals surface area contributed by atoms with Gasteiger partial charge in [-0.05, 0) is 12.8 Å². The SMILES string of the molecule is [2H]C([2H])(NC(CC)CO)C([2H])([2H])NC(CC)CO. The highest BCUT2D eigenvalue weighted by Gasteiger charge is 2.04. The lowest BCUT2D eigenvalue weighted by atomic mass is 10.2.